The van der Waals surface area contributed by atoms with Crippen LogP contribution in [0.4, 0.5) is 11.5 Å². The van der Waals surface area contributed by atoms with E-state index >= 15 is 0 Å². The summed E-state index contributed by atoms with van der Waals surface area (Å²) in [5.41, 5.74) is 6.51. The van der Waals surface area contributed by atoms with Crippen LogP contribution in [-0.4, -0.2) is 57.4 Å². The highest BCUT2D eigenvalue weighted by Crippen LogP contribution is 2.25. The van der Waals surface area contributed by atoms with Gasteiger partial charge in [0.1, 0.15) is 12.1 Å². The maximum Gasteiger partial charge on any atom is 0.277 e. The predicted molar refractivity (Wildman–Crippen MR) is 118 cm³/mol. The minimum atomic E-state index is -0.346. The van der Waals surface area contributed by atoms with Crippen molar-refractivity contribution in [3.8, 4) is 11.5 Å². The molecule has 3 aromatic heterocycles. The van der Waals surface area contributed by atoms with Crippen LogP contribution in [0.5, 0.6) is 0 Å². The first kappa shape index (κ1) is 22.9. The summed E-state index contributed by atoms with van der Waals surface area (Å²) >= 11 is 0. The second kappa shape index (κ2) is 10.1. The van der Waals surface area contributed by atoms with Gasteiger partial charge in [-0.2, -0.15) is 5.10 Å². The topological polar surface area (TPSA) is 141 Å². The number of nitrogens with one attached hydrogen (secondary N) is 1. The summed E-state index contributed by atoms with van der Waals surface area (Å²) in [5.74, 6) is 0.858. The molecular weight excluding hydrogens is 414 g/mol. The molecule has 2 unspecified atom stereocenters. The minimum Gasteiger partial charge on any atom is -0.444 e. The molecule has 1 fully saturated rings. The lowest BCUT2D eigenvalue weighted by molar-refractivity contribution is -0.106. The van der Waals surface area contributed by atoms with E-state index in [1.54, 1.807) is 24.1 Å². The lowest BCUT2D eigenvalue weighted by Crippen LogP contribution is -2.45. The number of carbonyl (C=O) groups excluding carboxylic acids is 2. The van der Waals surface area contributed by atoms with Gasteiger partial charge in [0.15, 0.2) is 5.69 Å². The van der Waals surface area contributed by atoms with E-state index in [0.29, 0.717) is 11.6 Å². The molecule has 1 saturated heterocycles. The Bertz CT molecular complexity index is 1070. The number of aromatic nitrogens is 4. The van der Waals surface area contributed by atoms with Gasteiger partial charge in [-0.1, -0.05) is 0 Å². The third-order valence-corrected chi connectivity index (χ3v) is 4.73. The Balaban J connectivity index is 0.000000913. The van der Waals surface area contributed by atoms with Crippen molar-refractivity contribution in [1.82, 2.24) is 19.7 Å². The summed E-state index contributed by atoms with van der Waals surface area (Å²) in [5, 5.41) is 7.02. The van der Waals surface area contributed by atoms with Crippen LogP contribution < -0.4 is 16.0 Å². The molecule has 0 spiro atoms. The quantitative estimate of drug-likeness (QED) is 0.583. The first-order chi connectivity index (χ1) is 15.3. The average molecular weight is 441 g/mol. The molecule has 11 nitrogen and oxygen atoms in total. The number of hydrogen-bond acceptors (Lipinski definition) is 8. The van der Waals surface area contributed by atoms with Gasteiger partial charge >= 0.3 is 0 Å². The van der Waals surface area contributed by atoms with Crippen molar-refractivity contribution in [3.05, 3.63) is 42.2 Å². The summed E-state index contributed by atoms with van der Waals surface area (Å²) in [6.07, 6.45) is 5.34. The van der Waals surface area contributed by atoms with Crippen LogP contribution >= 0.6 is 0 Å². The molecule has 0 bridgehead atoms. The molecule has 2 amide bonds. The SMILES string of the molecule is Cc1nn(C)cc1NC(=O)c1coc(-c2ccnc(N3CC(C)OC(C)C3)c2)n1.NC=O. The number of pyridine rings is 1. The summed E-state index contributed by atoms with van der Waals surface area (Å²) in [6.45, 7) is 7.47. The Labute approximate surface area is 185 Å². The summed E-state index contributed by atoms with van der Waals surface area (Å²) in [7, 11) is 1.80. The predicted octanol–water partition coefficient (Wildman–Crippen LogP) is 1.75. The fraction of sp³-hybridized carbons (Fsp3) is 0.381. The molecule has 32 heavy (non-hydrogen) atoms. The van der Waals surface area contributed by atoms with Crippen LogP contribution in [0.25, 0.3) is 11.5 Å². The van der Waals surface area contributed by atoms with Crippen LogP contribution in [0.2, 0.25) is 0 Å². The molecule has 11 heteroatoms. The molecular formula is C21H27N7O4. The van der Waals surface area contributed by atoms with E-state index in [-0.39, 0.29) is 30.2 Å². The average Bonchev–Trinajstić information content (AvgIpc) is 3.35. The normalized spacial score (nSPS) is 17.9. The van der Waals surface area contributed by atoms with Crippen molar-refractivity contribution in [2.45, 2.75) is 33.0 Å². The van der Waals surface area contributed by atoms with E-state index in [0.717, 1.165) is 30.2 Å². The smallest absolute Gasteiger partial charge is 0.277 e. The van der Waals surface area contributed by atoms with Gasteiger partial charge in [0.05, 0.1) is 23.6 Å². The zero-order chi connectivity index (χ0) is 23.3. The number of aryl methyl sites for hydroxylation is 2. The molecule has 2 atom stereocenters. The Kier molecular flexibility index (Phi) is 7.21. The number of morpholine rings is 1. The maximum absolute atomic E-state index is 12.5. The molecule has 3 N–H and O–H groups in total. The Morgan fingerprint density at radius 2 is 2.00 bits per heavy atom. The van der Waals surface area contributed by atoms with Gasteiger partial charge < -0.3 is 25.1 Å². The van der Waals surface area contributed by atoms with E-state index in [9.17, 15) is 4.79 Å². The van der Waals surface area contributed by atoms with Gasteiger partial charge in [0.25, 0.3) is 5.91 Å². The van der Waals surface area contributed by atoms with E-state index in [4.69, 9.17) is 13.9 Å². The number of primary amides is 1. The van der Waals surface area contributed by atoms with Gasteiger partial charge in [-0.15, -0.1) is 0 Å². The van der Waals surface area contributed by atoms with Crippen LogP contribution in [-0.2, 0) is 16.6 Å². The molecule has 0 radical (unpaired) electrons. The van der Waals surface area contributed by atoms with Crippen molar-refractivity contribution >= 4 is 23.8 Å². The van der Waals surface area contributed by atoms with Crippen molar-refractivity contribution in [1.29, 1.82) is 0 Å². The molecule has 0 aromatic carbocycles. The van der Waals surface area contributed by atoms with Crippen LogP contribution in [0.1, 0.15) is 30.0 Å². The molecule has 0 saturated carbocycles. The van der Waals surface area contributed by atoms with E-state index in [1.165, 1.54) is 6.26 Å². The van der Waals surface area contributed by atoms with Crippen molar-refractivity contribution < 1.29 is 18.7 Å². The zero-order valence-electron chi connectivity index (χ0n) is 18.5. The fourth-order valence-electron chi connectivity index (χ4n) is 3.51. The van der Waals surface area contributed by atoms with Gasteiger partial charge in [0, 0.05) is 38.1 Å². The number of carbonyl (C=O) groups is 2. The van der Waals surface area contributed by atoms with Crippen molar-refractivity contribution in [2.75, 3.05) is 23.3 Å². The van der Waals surface area contributed by atoms with Crippen LogP contribution in [0.3, 0.4) is 0 Å². The molecule has 1 aliphatic rings. The molecule has 4 rings (SSSR count). The molecule has 1 aliphatic heterocycles. The van der Waals surface area contributed by atoms with E-state index < -0.39 is 0 Å². The first-order valence-corrected chi connectivity index (χ1v) is 10.1. The first-order valence-electron chi connectivity index (χ1n) is 10.1. The van der Waals surface area contributed by atoms with Crippen molar-refractivity contribution in [2.24, 2.45) is 12.8 Å². The standard InChI is InChI=1S/C20H24N6O3.CH3NO/c1-12-8-26(9-13(2)29-12)18-7-15(5-6-21-18)20-23-17(11-28-20)19(27)22-16-10-25(4)24-14(16)3;2-1-3/h5-7,10-13H,8-9H2,1-4H3,(H,22,27);1H,(H2,2,3). The second-order valence-corrected chi connectivity index (χ2v) is 7.49. The molecule has 0 aliphatic carbocycles. The fourth-order valence-corrected chi connectivity index (χ4v) is 3.51. The summed E-state index contributed by atoms with van der Waals surface area (Å²) in [6, 6.07) is 3.74. The Morgan fingerprint density at radius 3 is 2.62 bits per heavy atom. The van der Waals surface area contributed by atoms with Gasteiger partial charge in [-0.25, -0.2) is 9.97 Å². The number of amides is 2. The third-order valence-electron chi connectivity index (χ3n) is 4.73. The lowest BCUT2D eigenvalue weighted by atomic mass is 10.2. The number of nitrogens with two attached hydrogens (primary N) is 1. The van der Waals surface area contributed by atoms with E-state index in [1.807, 2.05) is 19.1 Å². The lowest BCUT2D eigenvalue weighted by Gasteiger charge is -2.36. The molecule has 170 valence electrons. The van der Waals surface area contributed by atoms with Crippen molar-refractivity contribution in [3.63, 3.8) is 0 Å². The maximum atomic E-state index is 12.5. The Hall–Kier alpha value is -3.73. The van der Waals surface area contributed by atoms with Crippen LogP contribution in [0.15, 0.2) is 35.2 Å². The highest BCUT2D eigenvalue weighted by atomic mass is 16.5. The Morgan fingerprint density at radius 1 is 1.31 bits per heavy atom. The number of ether oxygens (including phenoxy) is 1. The largest absolute Gasteiger partial charge is 0.444 e. The van der Waals surface area contributed by atoms with Crippen LogP contribution in [0, 0.1) is 6.92 Å². The number of anilines is 2. The monoisotopic (exact) mass is 441 g/mol. The highest BCUT2D eigenvalue weighted by Gasteiger charge is 2.24. The van der Waals surface area contributed by atoms with Gasteiger partial charge in [-0.05, 0) is 32.9 Å². The number of nitrogens with zero attached hydrogens (tertiary/aromatic N) is 5. The second-order valence-electron chi connectivity index (χ2n) is 7.49. The van der Waals surface area contributed by atoms with E-state index in [2.05, 4.69) is 44.9 Å². The number of oxazole rings is 1. The summed E-state index contributed by atoms with van der Waals surface area (Å²) < 4.78 is 13.0. The molecule has 4 heterocycles. The van der Waals surface area contributed by atoms with Gasteiger partial charge in [-0.3, -0.25) is 14.3 Å². The third kappa shape index (κ3) is 5.49. The summed E-state index contributed by atoms with van der Waals surface area (Å²) in [4.78, 5) is 32.1. The van der Waals surface area contributed by atoms with Gasteiger partial charge in [0.2, 0.25) is 12.3 Å². The number of rotatable bonds is 4. The zero-order valence-corrected chi connectivity index (χ0v) is 18.5. The number of hydrogen-bond donors (Lipinski definition) is 2. The highest BCUT2D eigenvalue weighted by molar-refractivity contribution is 6.03. The minimum absolute atomic E-state index is 0.136. The molecule has 3 aromatic rings.